The average molecular weight is 412 g/mol. The number of hydrogen-bond acceptors (Lipinski definition) is 5. The molecule has 27 heavy (non-hydrogen) atoms. The van der Waals surface area contributed by atoms with Crippen LogP contribution in [0, 0.1) is 0 Å². The lowest BCUT2D eigenvalue weighted by Crippen LogP contribution is -2.26. The monoisotopic (exact) mass is 411 g/mol. The summed E-state index contributed by atoms with van der Waals surface area (Å²) in [7, 11) is -2.32. The molecule has 152 valence electrons. The quantitative estimate of drug-likeness (QED) is 0.478. The predicted octanol–water partition coefficient (Wildman–Crippen LogP) is 3.53. The van der Waals surface area contributed by atoms with Gasteiger partial charge in [-0.15, -0.1) is 0 Å². The SMILES string of the molecule is C[Si](C)(C)CCOCn1ncc2c(c(O)cn2COCC[Si](C)(C)C)c1=O. The van der Waals surface area contributed by atoms with Gasteiger partial charge >= 0.3 is 0 Å². The van der Waals surface area contributed by atoms with Crippen LogP contribution < -0.4 is 5.56 Å². The Hall–Kier alpha value is -1.43. The molecule has 0 aliphatic carbocycles. The van der Waals surface area contributed by atoms with Gasteiger partial charge in [-0.25, -0.2) is 4.68 Å². The number of hydrogen-bond donors (Lipinski definition) is 1. The largest absolute Gasteiger partial charge is 0.505 e. The van der Waals surface area contributed by atoms with E-state index in [0.717, 1.165) is 12.1 Å². The molecule has 0 spiro atoms. The molecule has 0 aliphatic rings. The van der Waals surface area contributed by atoms with Crippen LogP contribution in [0.15, 0.2) is 17.2 Å². The first-order chi connectivity index (χ1) is 12.5. The van der Waals surface area contributed by atoms with Gasteiger partial charge in [0.25, 0.3) is 5.56 Å². The number of ether oxygens (including phenoxy) is 2. The lowest BCUT2D eigenvalue weighted by Gasteiger charge is -2.16. The molecule has 0 unspecified atom stereocenters. The number of aromatic nitrogens is 3. The van der Waals surface area contributed by atoms with Gasteiger partial charge in [-0.1, -0.05) is 39.3 Å². The third kappa shape index (κ3) is 6.60. The Morgan fingerprint density at radius 1 is 1.00 bits per heavy atom. The highest BCUT2D eigenvalue weighted by molar-refractivity contribution is 6.76. The smallest absolute Gasteiger partial charge is 0.282 e. The maximum atomic E-state index is 12.6. The second-order valence-corrected chi connectivity index (χ2v) is 20.6. The van der Waals surface area contributed by atoms with Crippen molar-refractivity contribution in [3.63, 3.8) is 0 Å². The summed E-state index contributed by atoms with van der Waals surface area (Å²) in [6.45, 7) is 15.4. The Bertz CT molecular complexity index is 819. The van der Waals surface area contributed by atoms with Crippen molar-refractivity contribution in [2.45, 2.75) is 64.8 Å². The molecule has 0 saturated heterocycles. The highest BCUT2D eigenvalue weighted by Crippen LogP contribution is 2.23. The molecule has 0 aliphatic heterocycles. The average Bonchev–Trinajstić information content (AvgIpc) is 2.85. The summed E-state index contributed by atoms with van der Waals surface area (Å²) in [5, 5.41) is 14.7. The Labute approximate surface area is 162 Å². The second kappa shape index (κ2) is 8.72. The molecule has 2 aromatic rings. The maximum Gasteiger partial charge on any atom is 0.282 e. The molecule has 0 amide bonds. The highest BCUT2D eigenvalue weighted by atomic mass is 28.3. The second-order valence-electron chi connectivity index (χ2n) is 9.39. The van der Waals surface area contributed by atoms with Crippen LogP contribution in [0.1, 0.15) is 0 Å². The standard InChI is InChI=1S/C18H33N3O4Si2/c1-26(2,3)9-7-24-13-20-12-16(22)17-15(20)11-19-21(18(17)23)14-25-8-10-27(4,5)6/h11-12,22H,7-10,13-14H2,1-6H3. The van der Waals surface area contributed by atoms with E-state index in [2.05, 4.69) is 44.4 Å². The molecule has 0 bridgehead atoms. The summed E-state index contributed by atoms with van der Waals surface area (Å²) in [5.74, 6) is -0.0537. The van der Waals surface area contributed by atoms with Crippen molar-refractivity contribution in [2.75, 3.05) is 13.2 Å². The zero-order valence-electron chi connectivity index (χ0n) is 17.4. The van der Waals surface area contributed by atoms with Crippen molar-refractivity contribution in [2.24, 2.45) is 0 Å². The molecule has 0 fully saturated rings. The minimum Gasteiger partial charge on any atom is -0.505 e. The third-order valence-corrected chi connectivity index (χ3v) is 7.71. The summed E-state index contributed by atoms with van der Waals surface area (Å²) in [5.41, 5.74) is 0.225. The Morgan fingerprint density at radius 2 is 1.56 bits per heavy atom. The molecule has 2 heterocycles. The first-order valence-electron chi connectivity index (χ1n) is 9.41. The van der Waals surface area contributed by atoms with Gasteiger partial charge in [0.15, 0.2) is 0 Å². The van der Waals surface area contributed by atoms with E-state index in [-0.39, 0.29) is 23.4 Å². The molecule has 9 heteroatoms. The van der Waals surface area contributed by atoms with Crippen LogP contribution in [0.4, 0.5) is 0 Å². The predicted molar refractivity (Wildman–Crippen MR) is 114 cm³/mol. The first kappa shape index (κ1) is 21.9. The van der Waals surface area contributed by atoms with Gasteiger partial charge in [0.2, 0.25) is 0 Å². The van der Waals surface area contributed by atoms with E-state index in [1.807, 2.05) is 0 Å². The number of nitrogens with zero attached hydrogens (tertiary/aromatic N) is 3. The molecule has 0 atom stereocenters. The van der Waals surface area contributed by atoms with Crippen molar-refractivity contribution in [1.82, 2.24) is 14.3 Å². The van der Waals surface area contributed by atoms with E-state index in [1.54, 1.807) is 10.8 Å². The van der Waals surface area contributed by atoms with Gasteiger partial charge in [0.1, 0.15) is 24.6 Å². The van der Waals surface area contributed by atoms with Crippen molar-refractivity contribution in [3.8, 4) is 5.75 Å². The lowest BCUT2D eigenvalue weighted by atomic mass is 10.3. The molecule has 7 nitrogen and oxygen atoms in total. The first-order valence-corrected chi connectivity index (χ1v) is 16.8. The summed E-state index contributed by atoms with van der Waals surface area (Å²) in [4.78, 5) is 12.6. The van der Waals surface area contributed by atoms with E-state index < -0.39 is 16.1 Å². The van der Waals surface area contributed by atoms with Crippen LogP contribution >= 0.6 is 0 Å². The van der Waals surface area contributed by atoms with E-state index in [0.29, 0.717) is 25.5 Å². The van der Waals surface area contributed by atoms with Crippen molar-refractivity contribution >= 4 is 27.1 Å². The minimum absolute atomic E-state index is 0.0537. The Morgan fingerprint density at radius 3 is 2.11 bits per heavy atom. The topological polar surface area (TPSA) is 78.5 Å². The van der Waals surface area contributed by atoms with Crippen LogP contribution in [-0.4, -0.2) is 48.8 Å². The molecule has 0 radical (unpaired) electrons. The van der Waals surface area contributed by atoms with Gasteiger partial charge in [0, 0.05) is 35.6 Å². The van der Waals surface area contributed by atoms with Crippen LogP contribution in [0.5, 0.6) is 5.75 Å². The van der Waals surface area contributed by atoms with Gasteiger partial charge in [0.05, 0.1) is 11.7 Å². The molecule has 0 saturated carbocycles. The summed E-state index contributed by atoms with van der Waals surface area (Å²) in [6, 6.07) is 2.10. The van der Waals surface area contributed by atoms with Crippen molar-refractivity contribution in [1.29, 1.82) is 0 Å². The third-order valence-electron chi connectivity index (χ3n) is 4.30. The van der Waals surface area contributed by atoms with Gasteiger partial charge < -0.3 is 19.1 Å². The fourth-order valence-electron chi connectivity index (χ4n) is 2.49. The molecule has 0 aromatic carbocycles. The fourth-order valence-corrected chi connectivity index (χ4v) is 4.00. The molecule has 2 aromatic heterocycles. The van der Waals surface area contributed by atoms with E-state index in [4.69, 9.17) is 9.47 Å². The minimum atomic E-state index is -1.17. The summed E-state index contributed by atoms with van der Waals surface area (Å²) >= 11 is 0. The van der Waals surface area contributed by atoms with E-state index in [1.165, 1.54) is 10.9 Å². The van der Waals surface area contributed by atoms with Gasteiger partial charge in [-0.3, -0.25) is 4.79 Å². The van der Waals surface area contributed by atoms with E-state index >= 15 is 0 Å². The number of rotatable bonds is 10. The van der Waals surface area contributed by atoms with Crippen LogP contribution in [0.3, 0.4) is 0 Å². The van der Waals surface area contributed by atoms with E-state index in [9.17, 15) is 9.90 Å². The Balaban J connectivity index is 2.05. The van der Waals surface area contributed by atoms with Crippen LogP contribution in [-0.2, 0) is 22.9 Å². The normalized spacial score (nSPS) is 12.8. The number of aromatic hydroxyl groups is 1. The highest BCUT2D eigenvalue weighted by Gasteiger charge is 2.16. The molecular formula is C18H33N3O4Si2. The lowest BCUT2D eigenvalue weighted by molar-refractivity contribution is 0.0752. The molecule has 1 N–H and O–H groups in total. The van der Waals surface area contributed by atoms with Crippen molar-refractivity contribution < 1.29 is 14.6 Å². The molecular weight excluding hydrogens is 378 g/mol. The van der Waals surface area contributed by atoms with Gasteiger partial charge in [-0.2, -0.15) is 5.10 Å². The van der Waals surface area contributed by atoms with Crippen molar-refractivity contribution in [3.05, 3.63) is 22.7 Å². The Kier molecular flexibility index (Phi) is 7.06. The summed E-state index contributed by atoms with van der Waals surface area (Å²) < 4.78 is 14.3. The molecule has 2 rings (SSSR count). The zero-order valence-corrected chi connectivity index (χ0v) is 19.4. The van der Waals surface area contributed by atoms with Crippen LogP contribution in [0.25, 0.3) is 10.9 Å². The zero-order chi connectivity index (χ0) is 20.2. The van der Waals surface area contributed by atoms with Gasteiger partial charge in [-0.05, 0) is 12.1 Å². The van der Waals surface area contributed by atoms with Crippen LogP contribution in [0.2, 0.25) is 51.4 Å². The summed E-state index contributed by atoms with van der Waals surface area (Å²) in [6.07, 6.45) is 3.11. The maximum absolute atomic E-state index is 12.6. The number of fused-ring (bicyclic) bond motifs is 1. The fraction of sp³-hybridized carbons (Fsp3) is 0.667.